The maximum Gasteiger partial charge on any atom is 0.433 e. The van der Waals surface area contributed by atoms with Crippen LogP contribution in [0.4, 0.5) is 19.0 Å². The molecule has 0 aliphatic carbocycles. The van der Waals surface area contributed by atoms with E-state index in [-0.39, 0.29) is 12.4 Å². The number of methoxy groups -OCH3 is 1. The first-order valence-electron chi connectivity index (χ1n) is 4.26. The topological polar surface area (TPSA) is 51.2 Å². The molecule has 4 nitrogen and oxygen atoms in total. The summed E-state index contributed by atoms with van der Waals surface area (Å²) in [5.74, 6) is -0.716. The van der Waals surface area contributed by atoms with Gasteiger partial charge in [-0.2, -0.15) is 13.2 Å². The van der Waals surface area contributed by atoms with Gasteiger partial charge in [-0.3, -0.25) is 4.79 Å². The first-order chi connectivity index (χ1) is 7.43. The van der Waals surface area contributed by atoms with Gasteiger partial charge in [-0.15, -0.1) is 0 Å². The van der Waals surface area contributed by atoms with Gasteiger partial charge in [0.1, 0.15) is 18.1 Å². The molecule has 1 heterocycles. The van der Waals surface area contributed by atoms with Crippen LogP contribution in [-0.4, -0.2) is 24.6 Å². The van der Waals surface area contributed by atoms with Gasteiger partial charge in [-0.25, -0.2) is 4.98 Å². The van der Waals surface area contributed by atoms with Gasteiger partial charge >= 0.3 is 6.18 Å². The third kappa shape index (κ3) is 3.50. The monoisotopic (exact) mass is 234 g/mol. The molecule has 0 atom stereocenters. The molecule has 0 aliphatic heterocycles. The number of carbonyl (C=O) groups excluding carboxylic acids is 1. The van der Waals surface area contributed by atoms with Crippen molar-refractivity contribution in [1.29, 1.82) is 0 Å². The normalized spacial score (nSPS) is 11.2. The summed E-state index contributed by atoms with van der Waals surface area (Å²) in [6, 6.07) is 3.26. The minimum absolute atomic E-state index is 0.156. The second-order valence-electron chi connectivity index (χ2n) is 2.89. The molecular weight excluding hydrogens is 225 g/mol. The Kier molecular flexibility index (Phi) is 3.83. The number of nitrogens with one attached hydrogen (secondary N) is 1. The zero-order valence-corrected chi connectivity index (χ0v) is 8.34. The lowest BCUT2D eigenvalue weighted by atomic mass is 10.3. The number of alkyl halides is 3. The molecule has 7 heteroatoms. The molecule has 0 radical (unpaired) electrons. The van der Waals surface area contributed by atoms with Crippen LogP contribution in [0.2, 0.25) is 0 Å². The molecule has 1 amide bonds. The van der Waals surface area contributed by atoms with E-state index >= 15 is 0 Å². The molecule has 0 aromatic carbocycles. The largest absolute Gasteiger partial charge is 0.433 e. The highest BCUT2D eigenvalue weighted by Gasteiger charge is 2.32. The van der Waals surface area contributed by atoms with Crippen molar-refractivity contribution in [3.63, 3.8) is 0 Å². The molecule has 1 rings (SSSR count). The van der Waals surface area contributed by atoms with Gasteiger partial charge < -0.3 is 10.1 Å². The van der Waals surface area contributed by atoms with E-state index in [1.807, 2.05) is 0 Å². The highest BCUT2D eigenvalue weighted by Crippen LogP contribution is 2.27. The zero-order valence-electron chi connectivity index (χ0n) is 8.34. The molecule has 88 valence electrons. The average Bonchev–Trinajstić information content (AvgIpc) is 2.17. The van der Waals surface area contributed by atoms with Gasteiger partial charge in [-0.1, -0.05) is 6.07 Å². The number of carbonyl (C=O) groups is 1. The number of amides is 1. The summed E-state index contributed by atoms with van der Waals surface area (Å²) >= 11 is 0. The second kappa shape index (κ2) is 4.93. The van der Waals surface area contributed by atoms with E-state index in [2.05, 4.69) is 15.0 Å². The summed E-state index contributed by atoms with van der Waals surface area (Å²) in [6.45, 7) is -0.238. The molecule has 0 fully saturated rings. The van der Waals surface area contributed by atoms with Crippen molar-refractivity contribution in [3.8, 4) is 0 Å². The van der Waals surface area contributed by atoms with E-state index in [0.717, 1.165) is 12.1 Å². The standard InChI is InChI=1S/C9H9F3N2O2/c1-16-5-8(15)14-7-4-2-3-6(13-7)9(10,11)12/h2-4H,5H2,1H3,(H,13,14,15). The Morgan fingerprint density at radius 3 is 2.75 bits per heavy atom. The number of ether oxygens (including phenoxy) is 1. The molecule has 1 aromatic rings. The molecule has 0 bridgehead atoms. The lowest BCUT2D eigenvalue weighted by Gasteiger charge is -2.08. The van der Waals surface area contributed by atoms with Crippen molar-refractivity contribution >= 4 is 11.7 Å². The predicted octanol–water partition coefficient (Wildman–Crippen LogP) is 1.69. The van der Waals surface area contributed by atoms with Crippen molar-refractivity contribution in [2.75, 3.05) is 19.0 Å². The fourth-order valence-electron chi connectivity index (χ4n) is 0.972. The summed E-state index contributed by atoms with van der Waals surface area (Å²) in [4.78, 5) is 14.3. The number of nitrogens with zero attached hydrogens (tertiary/aromatic N) is 1. The summed E-state index contributed by atoms with van der Waals surface area (Å²) in [6.07, 6.45) is -4.53. The van der Waals surface area contributed by atoms with Crippen LogP contribution in [0, 0.1) is 0 Å². The van der Waals surface area contributed by atoms with Crippen LogP contribution >= 0.6 is 0 Å². The second-order valence-corrected chi connectivity index (χ2v) is 2.89. The van der Waals surface area contributed by atoms with Crippen LogP contribution in [0.3, 0.4) is 0 Å². The molecule has 0 aliphatic rings. The fraction of sp³-hybridized carbons (Fsp3) is 0.333. The zero-order chi connectivity index (χ0) is 12.2. The first-order valence-corrected chi connectivity index (χ1v) is 4.26. The van der Waals surface area contributed by atoms with Gasteiger partial charge in [0.05, 0.1) is 0 Å². The Labute approximate surface area is 89.4 Å². The third-order valence-corrected chi connectivity index (χ3v) is 1.58. The number of pyridine rings is 1. The van der Waals surface area contributed by atoms with Gasteiger partial charge in [0.2, 0.25) is 0 Å². The highest BCUT2D eigenvalue weighted by atomic mass is 19.4. The molecule has 1 N–H and O–H groups in total. The molecule has 1 aromatic heterocycles. The van der Waals surface area contributed by atoms with Gasteiger partial charge in [0.25, 0.3) is 5.91 Å². The van der Waals surface area contributed by atoms with Crippen LogP contribution in [0.25, 0.3) is 0 Å². The molecule has 0 saturated heterocycles. The van der Waals surface area contributed by atoms with Crippen molar-refractivity contribution in [1.82, 2.24) is 4.98 Å². The predicted molar refractivity (Wildman–Crippen MR) is 49.7 cm³/mol. The Balaban J connectivity index is 2.79. The van der Waals surface area contributed by atoms with Gasteiger partial charge in [0, 0.05) is 7.11 Å². The van der Waals surface area contributed by atoms with Crippen molar-refractivity contribution in [2.24, 2.45) is 0 Å². The lowest BCUT2D eigenvalue weighted by Crippen LogP contribution is -2.19. The molecule has 16 heavy (non-hydrogen) atoms. The van der Waals surface area contributed by atoms with Crippen LogP contribution in [-0.2, 0) is 15.7 Å². The highest BCUT2D eigenvalue weighted by molar-refractivity contribution is 5.90. The van der Waals surface area contributed by atoms with E-state index in [0.29, 0.717) is 0 Å². The number of anilines is 1. The van der Waals surface area contributed by atoms with Crippen molar-refractivity contribution in [3.05, 3.63) is 23.9 Å². The summed E-state index contributed by atoms with van der Waals surface area (Å²) in [5, 5.41) is 2.18. The minimum atomic E-state index is -4.53. The molecule has 0 saturated carbocycles. The van der Waals surface area contributed by atoms with E-state index in [4.69, 9.17) is 0 Å². The Morgan fingerprint density at radius 2 is 2.19 bits per heavy atom. The lowest BCUT2D eigenvalue weighted by molar-refractivity contribution is -0.141. The van der Waals surface area contributed by atoms with Crippen LogP contribution < -0.4 is 5.32 Å². The van der Waals surface area contributed by atoms with E-state index in [1.165, 1.54) is 13.2 Å². The number of halogens is 3. The van der Waals surface area contributed by atoms with Crippen LogP contribution in [0.15, 0.2) is 18.2 Å². The summed E-state index contributed by atoms with van der Waals surface area (Å²) in [5.41, 5.74) is -1.05. The number of rotatable bonds is 3. The molecular formula is C9H9F3N2O2. The Morgan fingerprint density at radius 1 is 1.50 bits per heavy atom. The van der Waals surface area contributed by atoms with E-state index < -0.39 is 17.8 Å². The quantitative estimate of drug-likeness (QED) is 0.865. The number of hydrogen-bond donors (Lipinski definition) is 1. The fourth-order valence-corrected chi connectivity index (χ4v) is 0.972. The number of aromatic nitrogens is 1. The third-order valence-electron chi connectivity index (χ3n) is 1.58. The Hall–Kier alpha value is -1.63. The average molecular weight is 234 g/mol. The smallest absolute Gasteiger partial charge is 0.375 e. The minimum Gasteiger partial charge on any atom is -0.375 e. The SMILES string of the molecule is COCC(=O)Nc1cccc(C(F)(F)F)n1. The summed E-state index contributed by atoms with van der Waals surface area (Å²) in [7, 11) is 1.30. The molecule has 0 unspecified atom stereocenters. The van der Waals surface area contributed by atoms with Gasteiger partial charge in [-0.05, 0) is 12.1 Å². The number of hydrogen-bond acceptors (Lipinski definition) is 3. The van der Waals surface area contributed by atoms with E-state index in [9.17, 15) is 18.0 Å². The maximum atomic E-state index is 12.3. The van der Waals surface area contributed by atoms with Crippen LogP contribution in [0.1, 0.15) is 5.69 Å². The van der Waals surface area contributed by atoms with E-state index in [1.54, 1.807) is 0 Å². The van der Waals surface area contributed by atoms with Crippen molar-refractivity contribution < 1.29 is 22.7 Å². The Bertz CT molecular complexity index is 379. The summed E-state index contributed by atoms with van der Waals surface area (Å²) < 4.78 is 41.3. The van der Waals surface area contributed by atoms with Crippen molar-refractivity contribution in [2.45, 2.75) is 6.18 Å². The van der Waals surface area contributed by atoms with Crippen LogP contribution in [0.5, 0.6) is 0 Å². The van der Waals surface area contributed by atoms with Gasteiger partial charge in [0.15, 0.2) is 0 Å². The maximum absolute atomic E-state index is 12.3. The first kappa shape index (κ1) is 12.4. The molecule has 0 spiro atoms.